The molecule has 0 aliphatic carbocycles. The highest BCUT2D eigenvalue weighted by Crippen LogP contribution is 2.32. The lowest BCUT2D eigenvalue weighted by Crippen LogP contribution is -2.31. The number of hydrogen-bond donors (Lipinski definition) is 2. The molecule has 0 saturated carbocycles. The quantitative estimate of drug-likeness (QED) is 0.827. The van der Waals surface area contributed by atoms with Crippen LogP contribution in [0, 0.1) is 0 Å². The van der Waals surface area contributed by atoms with Gasteiger partial charge in [0.05, 0.1) is 25.9 Å². The molecule has 1 aliphatic heterocycles. The minimum atomic E-state index is -0.497. The molecule has 5 nitrogen and oxygen atoms in total. The Hall–Kier alpha value is -1.30. The van der Waals surface area contributed by atoms with Gasteiger partial charge in [-0.05, 0) is 24.6 Å². The number of nitrogens with one attached hydrogen (secondary N) is 1. The molecule has 2 rings (SSSR count). The topological polar surface area (TPSA) is 60.0 Å². The maximum absolute atomic E-state index is 9.64. The molecule has 0 radical (unpaired) electrons. The monoisotopic (exact) mass is 281 g/mol. The van der Waals surface area contributed by atoms with Crippen molar-refractivity contribution < 1.29 is 19.3 Å². The van der Waals surface area contributed by atoms with Crippen molar-refractivity contribution in [3.63, 3.8) is 0 Å². The molecule has 1 aromatic carbocycles. The molecule has 0 spiro atoms. The molecule has 112 valence electrons. The highest BCUT2D eigenvalue weighted by atomic mass is 16.5. The Labute approximate surface area is 119 Å². The Bertz CT molecular complexity index is 424. The molecule has 2 unspecified atom stereocenters. The predicted octanol–water partition coefficient (Wildman–Crippen LogP) is 1.51. The van der Waals surface area contributed by atoms with E-state index < -0.39 is 6.10 Å². The van der Waals surface area contributed by atoms with E-state index in [1.807, 2.05) is 18.2 Å². The zero-order valence-electron chi connectivity index (χ0n) is 12.1. The van der Waals surface area contributed by atoms with Crippen LogP contribution in [-0.2, 0) is 4.74 Å². The van der Waals surface area contributed by atoms with Crippen molar-refractivity contribution in [2.75, 3.05) is 33.5 Å². The molecular weight excluding hydrogens is 258 g/mol. The van der Waals surface area contributed by atoms with Gasteiger partial charge in [0.1, 0.15) is 0 Å². The highest BCUT2D eigenvalue weighted by Gasteiger charge is 2.14. The molecule has 1 aliphatic rings. The van der Waals surface area contributed by atoms with Crippen molar-refractivity contribution in [1.82, 2.24) is 5.32 Å². The number of methoxy groups -OCH3 is 1. The van der Waals surface area contributed by atoms with Crippen molar-refractivity contribution in [3.8, 4) is 11.5 Å². The van der Waals surface area contributed by atoms with Crippen LogP contribution < -0.4 is 14.8 Å². The molecule has 20 heavy (non-hydrogen) atoms. The van der Waals surface area contributed by atoms with Crippen molar-refractivity contribution in [3.05, 3.63) is 23.8 Å². The second kappa shape index (κ2) is 7.47. The summed E-state index contributed by atoms with van der Waals surface area (Å²) < 4.78 is 16.2. The second-order valence-electron chi connectivity index (χ2n) is 5.00. The molecule has 1 aromatic rings. The van der Waals surface area contributed by atoms with Gasteiger partial charge in [0.2, 0.25) is 0 Å². The molecule has 2 N–H and O–H groups in total. The van der Waals surface area contributed by atoms with Crippen LogP contribution >= 0.6 is 0 Å². The van der Waals surface area contributed by atoms with E-state index in [2.05, 4.69) is 12.2 Å². The maximum Gasteiger partial charge on any atom is 0.161 e. The highest BCUT2D eigenvalue weighted by molar-refractivity contribution is 5.44. The summed E-state index contributed by atoms with van der Waals surface area (Å²) >= 11 is 0. The zero-order chi connectivity index (χ0) is 14.4. The van der Waals surface area contributed by atoms with Gasteiger partial charge in [-0.15, -0.1) is 0 Å². The minimum absolute atomic E-state index is 0.124. The van der Waals surface area contributed by atoms with Crippen LogP contribution in [0.4, 0.5) is 0 Å². The van der Waals surface area contributed by atoms with Gasteiger partial charge >= 0.3 is 0 Å². The van der Waals surface area contributed by atoms with Gasteiger partial charge in [-0.2, -0.15) is 0 Å². The van der Waals surface area contributed by atoms with Crippen molar-refractivity contribution in [1.29, 1.82) is 0 Å². The van der Waals surface area contributed by atoms with E-state index in [4.69, 9.17) is 14.2 Å². The van der Waals surface area contributed by atoms with E-state index in [1.54, 1.807) is 7.11 Å². The third-order valence-electron chi connectivity index (χ3n) is 3.29. The fraction of sp³-hybridized carbons (Fsp3) is 0.600. The summed E-state index contributed by atoms with van der Waals surface area (Å²) in [4.78, 5) is 0. The summed E-state index contributed by atoms with van der Waals surface area (Å²) in [5.74, 6) is 1.60. The lowest BCUT2D eigenvalue weighted by Gasteiger charge is -2.18. The fourth-order valence-electron chi connectivity index (χ4n) is 2.13. The summed E-state index contributed by atoms with van der Waals surface area (Å²) in [5, 5.41) is 12.9. The zero-order valence-corrected chi connectivity index (χ0v) is 12.1. The number of rotatable bonds is 6. The summed E-state index contributed by atoms with van der Waals surface area (Å²) in [5.41, 5.74) is 1.11. The molecule has 0 saturated heterocycles. The minimum Gasteiger partial charge on any atom is -0.490 e. The van der Waals surface area contributed by atoms with Gasteiger partial charge in [-0.3, -0.25) is 0 Å². The van der Waals surface area contributed by atoms with Crippen LogP contribution in [0.3, 0.4) is 0 Å². The van der Waals surface area contributed by atoms with Gasteiger partial charge in [-0.1, -0.05) is 6.07 Å². The number of benzene rings is 1. The first-order valence-corrected chi connectivity index (χ1v) is 7.00. The molecule has 0 aromatic heterocycles. The number of ether oxygens (including phenoxy) is 3. The Morgan fingerprint density at radius 1 is 1.30 bits per heavy atom. The molecule has 0 amide bonds. The second-order valence-corrected chi connectivity index (χ2v) is 5.00. The van der Waals surface area contributed by atoms with Crippen LogP contribution in [0.25, 0.3) is 0 Å². The lowest BCUT2D eigenvalue weighted by atomic mass is 10.1. The molecule has 5 heteroatoms. The van der Waals surface area contributed by atoms with Gasteiger partial charge in [0, 0.05) is 26.1 Å². The van der Waals surface area contributed by atoms with Crippen LogP contribution in [0.15, 0.2) is 18.2 Å². The van der Waals surface area contributed by atoms with Gasteiger partial charge in [-0.25, -0.2) is 0 Å². The Balaban J connectivity index is 1.96. The lowest BCUT2D eigenvalue weighted by molar-refractivity contribution is 0.0630. The van der Waals surface area contributed by atoms with Gasteiger partial charge < -0.3 is 24.6 Å². The van der Waals surface area contributed by atoms with Gasteiger partial charge in [0.15, 0.2) is 11.5 Å². The van der Waals surface area contributed by atoms with Crippen LogP contribution in [0.1, 0.15) is 24.9 Å². The number of aliphatic hydroxyl groups is 1. The Morgan fingerprint density at radius 2 is 2.05 bits per heavy atom. The summed E-state index contributed by atoms with van der Waals surface area (Å²) in [6.45, 7) is 4.26. The Morgan fingerprint density at radius 3 is 2.80 bits per heavy atom. The smallest absolute Gasteiger partial charge is 0.161 e. The SMILES string of the molecule is COCC(O)CNC(C)c1ccc2c(c1)OCCCO2. The fourth-order valence-corrected chi connectivity index (χ4v) is 2.13. The molecule has 0 fully saturated rings. The summed E-state index contributed by atoms with van der Waals surface area (Å²) in [7, 11) is 1.58. The van der Waals surface area contributed by atoms with E-state index in [9.17, 15) is 5.11 Å². The van der Waals surface area contributed by atoms with Crippen molar-refractivity contribution >= 4 is 0 Å². The number of fused-ring (bicyclic) bond motifs is 1. The summed E-state index contributed by atoms with van der Waals surface area (Å²) in [6.07, 6.45) is 0.406. The molecule has 2 atom stereocenters. The molecule has 0 bridgehead atoms. The van der Waals surface area contributed by atoms with E-state index in [0.717, 1.165) is 23.5 Å². The normalized spacial score (nSPS) is 17.4. The average molecular weight is 281 g/mol. The number of aliphatic hydroxyl groups excluding tert-OH is 1. The molecular formula is C15H23NO4. The maximum atomic E-state index is 9.64. The van der Waals surface area contributed by atoms with Crippen LogP contribution in [0.2, 0.25) is 0 Å². The van der Waals surface area contributed by atoms with E-state index in [-0.39, 0.29) is 6.04 Å². The third kappa shape index (κ3) is 4.10. The van der Waals surface area contributed by atoms with E-state index >= 15 is 0 Å². The first-order chi connectivity index (χ1) is 9.70. The Kier molecular flexibility index (Phi) is 5.64. The first kappa shape index (κ1) is 15.1. The van der Waals surface area contributed by atoms with E-state index in [1.165, 1.54) is 0 Å². The average Bonchev–Trinajstić information content (AvgIpc) is 2.69. The standard InChI is InChI=1S/C15H23NO4/c1-11(16-9-13(17)10-18-2)12-4-5-14-15(8-12)20-7-3-6-19-14/h4-5,8,11,13,16-17H,3,6-7,9-10H2,1-2H3. The number of hydrogen-bond acceptors (Lipinski definition) is 5. The first-order valence-electron chi connectivity index (χ1n) is 7.00. The van der Waals surface area contributed by atoms with E-state index in [0.29, 0.717) is 26.4 Å². The predicted molar refractivity (Wildman–Crippen MR) is 76.3 cm³/mol. The largest absolute Gasteiger partial charge is 0.490 e. The summed E-state index contributed by atoms with van der Waals surface area (Å²) in [6, 6.07) is 6.09. The van der Waals surface area contributed by atoms with Crippen LogP contribution in [0.5, 0.6) is 11.5 Å². The molecule has 1 heterocycles. The van der Waals surface area contributed by atoms with Crippen molar-refractivity contribution in [2.24, 2.45) is 0 Å². The van der Waals surface area contributed by atoms with Gasteiger partial charge in [0.25, 0.3) is 0 Å². The third-order valence-corrected chi connectivity index (χ3v) is 3.29. The van der Waals surface area contributed by atoms with Crippen molar-refractivity contribution in [2.45, 2.75) is 25.5 Å². The van der Waals surface area contributed by atoms with Crippen LogP contribution in [-0.4, -0.2) is 44.7 Å².